The first-order valence-electron chi connectivity index (χ1n) is 6.55. The van der Waals surface area contributed by atoms with Gasteiger partial charge in [0.15, 0.2) is 0 Å². The predicted molar refractivity (Wildman–Crippen MR) is 78.6 cm³/mol. The molecule has 0 saturated carbocycles. The molecule has 3 aromatic rings. The Balaban J connectivity index is 2.09. The molecule has 0 aliphatic heterocycles. The number of aromatic nitrogens is 2. The van der Waals surface area contributed by atoms with Crippen molar-refractivity contribution in [3.8, 4) is 11.5 Å². The first kappa shape index (κ1) is 14.9. The Bertz CT molecular complexity index is 814. The molecule has 1 aromatic carbocycles. The van der Waals surface area contributed by atoms with Gasteiger partial charge in [-0.15, -0.1) is 11.8 Å². The molecule has 3 rings (SSSR count). The van der Waals surface area contributed by atoms with Crippen molar-refractivity contribution >= 4 is 23.0 Å². The Morgan fingerprint density at radius 1 is 1.23 bits per heavy atom. The maximum absolute atomic E-state index is 12.7. The van der Waals surface area contributed by atoms with Gasteiger partial charge < -0.3 is 4.42 Å². The summed E-state index contributed by atoms with van der Waals surface area (Å²) < 4.78 is 43.6. The number of hydrogen-bond donors (Lipinski definition) is 0. The van der Waals surface area contributed by atoms with Crippen LogP contribution >= 0.6 is 11.8 Å². The highest BCUT2D eigenvalue weighted by Gasteiger charge is 2.31. The Hall–Kier alpha value is -2.02. The summed E-state index contributed by atoms with van der Waals surface area (Å²) in [6, 6.07) is 8.42. The Labute approximate surface area is 128 Å². The zero-order valence-corrected chi connectivity index (χ0v) is 12.3. The van der Waals surface area contributed by atoms with E-state index in [1.165, 1.54) is 0 Å². The summed E-state index contributed by atoms with van der Waals surface area (Å²) in [4.78, 5) is 8.84. The van der Waals surface area contributed by atoms with Gasteiger partial charge in [0.1, 0.15) is 5.52 Å². The topological polar surface area (TPSA) is 38.9 Å². The predicted octanol–water partition coefficient (Wildman–Crippen LogP) is 5.02. The van der Waals surface area contributed by atoms with Crippen LogP contribution in [0.3, 0.4) is 0 Å². The summed E-state index contributed by atoms with van der Waals surface area (Å²) in [6.07, 6.45) is -3.69. The van der Waals surface area contributed by atoms with Crippen LogP contribution in [0.4, 0.5) is 13.2 Å². The van der Waals surface area contributed by atoms with E-state index in [0.29, 0.717) is 0 Å². The first-order valence-corrected chi connectivity index (χ1v) is 7.53. The van der Waals surface area contributed by atoms with Gasteiger partial charge in [-0.3, -0.25) is 0 Å². The largest absolute Gasteiger partial charge is 0.418 e. The smallest absolute Gasteiger partial charge is 0.417 e. The van der Waals surface area contributed by atoms with Crippen molar-refractivity contribution in [2.75, 3.05) is 5.75 Å². The zero-order valence-electron chi connectivity index (χ0n) is 11.5. The fraction of sp³-hybridized carbons (Fsp3) is 0.200. The maximum atomic E-state index is 12.7. The van der Waals surface area contributed by atoms with E-state index >= 15 is 0 Å². The van der Waals surface area contributed by atoms with Gasteiger partial charge in [-0.2, -0.15) is 13.2 Å². The minimum atomic E-state index is -4.45. The number of fused-ring (bicyclic) bond motifs is 1. The Morgan fingerprint density at radius 2 is 2.00 bits per heavy atom. The second-order valence-corrected chi connectivity index (χ2v) is 5.80. The third-order valence-electron chi connectivity index (χ3n) is 2.99. The molecule has 7 heteroatoms. The fourth-order valence-corrected chi connectivity index (χ4v) is 2.81. The molecule has 0 aliphatic carbocycles. The van der Waals surface area contributed by atoms with Crippen molar-refractivity contribution in [2.24, 2.45) is 0 Å². The van der Waals surface area contributed by atoms with Crippen LogP contribution in [0.1, 0.15) is 12.5 Å². The molecule has 2 aromatic heterocycles. The van der Waals surface area contributed by atoms with E-state index in [1.54, 1.807) is 11.8 Å². The Morgan fingerprint density at radius 3 is 2.73 bits per heavy atom. The lowest BCUT2D eigenvalue weighted by molar-refractivity contribution is -0.137. The van der Waals surface area contributed by atoms with E-state index in [4.69, 9.17) is 4.42 Å². The van der Waals surface area contributed by atoms with Crippen LogP contribution in [-0.4, -0.2) is 15.7 Å². The van der Waals surface area contributed by atoms with Crippen LogP contribution in [0.15, 0.2) is 45.8 Å². The van der Waals surface area contributed by atoms with Crippen LogP contribution in [0.25, 0.3) is 22.7 Å². The number of oxazole rings is 1. The average molecular weight is 324 g/mol. The van der Waals surface area contributed by atoms with E-state index in [1.807, 2.05) is 31.2 Å². The SMILES string of the molecule is CCSc1ccccc1-c1nc2cc(C(F)(F)F)cnc2o1. The molecule has 0 unspecified atom stereocenters. The van der Waals surface area contributed by atoms with Crippen molar-refractivity contribution in [3.05, 3.63) is 42.1 Å². The number of rotatable bonds is 3. The van der Waals surface area contributed by atoms with Gasteiger partial charge in [-0.05, 0) is 24.0 Å². The maximum Gasteiger partial charge on any atom is 0.417 e. The summed E-state index contributed by atoms with van der Waals surface area (Å²) in [5.41, 5.74) is 0.109. The van der Waals surface area contributed by atoms with Crippen LogP contribution in [-0.2, 0) is 6.18 Å². The van der Waals surface area contributed by atoms with Gasteiger partial charge in [0.05, 0.1) is 11.1 Å². The quantitative estimate of drug-likeness (QED) is 0.634. The fourth-order valence-electron chi connectivity index (χ4n) is 2.02. The molecule has 0 fully saturated rings. The molecule has 3 nitrogen and oxygen atoms in total. The molecule has 0 atom stereocenters. The first-order chi connectivity index (χ1) is 10.5. The summed E-state index contributed by atoms with van der Waals surface area (Å²) in [5.74, 6) is 1.15. The van der Waals surface area contributed by atoms with Gasteiger partial charge in [0.25, 0.3) is 0 Å². The number of thioether (sulfide) groups is 1. The Kier molecular flexibility index (Phi) is 3.82. The molecule has 0 spiro atoms. The van der Waals surface area contributed by atoms with Crippen LogP contribution < -0.4 is 0 Å². The summed E-state index contributed by atoms with van der Waals surface area (Å²) in [7, 11) is 0. The van der Waals surface area contributed by atoms with Gasteiger partial charge in [-0.25, -0.2) is 9.97 Å². The van der Waals surface area contributed by atoms with E-state index in [0.717, 1.165) is 28.5 Å². The normalized spacial score (nSPS) is 12.0. The van der Waals surface area contributed by atoms with Crippen molar-refractivity contribution in [1.29, 1.82) is 0 Å². The van der Waals surface area contributed by atoms with Gasteiger partial charge >= 0.3 is 6.18 Å². The number of benzene rings is 1. The van der Waals surface area contributed by atoms with Crippen LogP contribution in [0.5, 0.6) is 0 Å². The summed E-state index contributed by atoms with van der Waals surface area (Å²) >= 11 is 1.61. The van der Waals surface area contributed by atoms with E-state index in [9.17, 15) is 13.2 Å². The third-order valence-corrected chi connectivity index (χ3v) is 3.95. The van der Waals surface area contributed by atoms with Crippen molar-refractivity contribution in [3.63, 3.8) is 0 Å². The summed E-state index contributed by atoms with van der Waals surface area (Å²) in [5, 5.41) is 0. The summed E-state index contributed by atoms with van der Waals surface area (Å²) in [6.45, 7) is 2.02. The number of hydrogen-bond acceptors (Lipinski definition) is 4. The molecule has 0 bridgehead atoms. The lowest BCUT2D eigenvalue weighted by atomic mass is 10.2. The zero-order chi connectivity index (χ0) is 15.7. The minimum Gasteiger partial charge on any atom is -0.418 e. The number of halogens is 3. The molecule has 2 heterocycles. The van der Waals surface area contributed by atoms with Gasteiger partial charge in [0.2, 0.25) is 11.6 Å². The molecule has 0 aliphatic rings. The minimum absolute atomic E-state index is 0.0966. The molecule has 0 saturated heterocycles. The lowest BCUT2D eigenvalue weighted by Crippen LogP contribution is -2.04. The molecule has 114 valence electrons. The standard InChI is InChI=1S/C15H11F3N2OS/c1-2-22-12-6-4-3-5-10(12)13-20-11-7-9(15(16,17)18)8-19-14(11)21-13/h3-8H,2H2,1H3. The molecule has 0 N–H and O–H groups in total. The van der Waals surface area contributed by atoms with E-state index in [-0.39, 0.29) is 17.1 Å². The monoisotopic (exact) mass is 324 g/mol. The molecule has 0 radical (unpaired) electrons. The third kappa shape index (κ3) is 2.81. The highest BCUT2D eigenvalue weighted by molar-refractivity contribution is 7.99. The number of alkyl halides is 3. The second kappa shape index (κ2) is 5.64. The molecule has 0 amide bonds. The molecular weight excluding hydrogens is 313 g/mol. The van der Waals surface area contributed by atoms with Crippen LogP contribution in [0, 0.1) is 0 Å². The van der Waals surface area contributed by atoms with Gasteiger partial charge in [0, 0.05) is 11.1 Å². The highest BCUT2D eigenvalue weighted by atomic mass is 32.2. The van der Waals surface area contributed by atoms with Crippen molar-refractivity contribution < 1.29 is 17.6 Å². The second-order valence-electron chi connectivity index (χ2n) is 4.49. The molecular formula is C15H11F3N2OS. The van der Waals surface area contributed by atoms with Crippen molar-refractivity contribution in [2.45, 2.75) is 18.0 Å². The van der Waals surface area contributed by atoms with Crippen molar-refractivity contribution in [1.82, 2.24) is 9.97 Å². The molecule has 22 heavy (non-hydrogen) atoms. The number of pyridine rings is 1. The number of nitrogens with zero attached hydrogens (tertiary/aromatic N) is 2. The highest BCUT2D eigenvalue weighted by Crippen LogP contribution is 2.34. The van der Waals surface area contributed by atoms with Crippen LogP contribution in [0.2, 0.25) is 0 Å². The van der Waals surface area contributed by atoms with E-state index < -0.39 is 11.7 Å². The van der Waals surface area contributed by atoms with Gasteiger partial charge in [-0.1, -0.05) is 19.1 Å². The van der Waals surface area contributed by atoms with E-state index in [2.05, 4.69) is 9.97 Å². The average Bonchev–Trinajstić information content (AvgIpc) is 2.90. The lowest BCUT2D eigenvalue weighted by Gasteiger charge is -2.03.